The summed E-state index contributed by atoms with van der Waals surface area (Å²) < 4.78 is 0. The van der Waals surface area contributed by atoms with Gasteiger partial charge in [-0.3, -0.25) is 4.79 Å². The number of thioether (sulfide) groups is 1. The highest BCUT2D eigenvalue weighted by atomic mass is 32.2. The number of hydrogen-bond acceptors (Lipinski definition) is 5. The van der Waals surface area contributed by atoms with E-state index in [1.807, 2.05) is 48.5 Å². The third-order valence-corrected chi connectivity index (χ3v) is 4.26. The largest absolute Gasteiger partial charge is 0.507 e. The molecule has 0 saturated heterocycles. The Morgan fingerprint density at radius 3 is 2.83 bits per heavy atom. The number of carbonyl (C=O) groups is 1. The monoisotopic (exact) mass is 337 g/mol. The number of pyridine rings is 1. The zero-order valence-electron chi connectivity index (χ0n) is 12.7. The van der Waals surface area contributed by atoms with Crippen LogP contribution in [0.1, 0.15) is 5.56 Å². The fourth-order valence-electron chi connectivity index (χ4n) is 2.19. The number of fused-ring (bicyclic) bond motifs is 1. The van der Waals surface area contributed by atoms with Crippen LogP contribution in [0.4, 0.5) is 0 Å². The summed E-state index contributed by atoms with van der Waals surface area (Å²) in [4.78, 5) is 16.0. The highest BCUT2D eigenvalue weighted by Gasteiger charge is 2.05. The van der Waals surface area contributed by atoms with Crippen molar-refractivity contribution in [1.82, 2.24) is 10.4 Å². The topological polar surface area (TPSA) is 74.6 Å². The van der Waals surface area contributed by atoms with Gasteiger partial charge in [0.05, 0.1) is 17.0 Å². The van der Waals surface area contributed by atoms with Crippen LogP contribution in [0.2, 0.25) is 0 Å². The van der Waals surface area contributed by atoms with Crippen LogP contribution in [0.15, 0.2) is 70.9 Å². The first-order valence-corrected chi connectivity index (χ1v) is 8.29. The molecule has 0 unspecified atom stereocenters. The molecule has 0 radical (unpaired) electrons. The van der Waals surface area contributed by atoms with Gasteiger partial charge >= 0.3 is 0 Å². The molecule has 0 aliphatic carbocycles. The minimum atomic E-state index is -0.235. The van der Waals surface area contributed by atoms with E-state index in [0.717, 1.165) is 15.8 Å². The first kappa shape index (κ1) is 16.0. The Bertz CT molecular complexity index is 882. The molecule has 3 rings (SSSR count). The minimum Gasteiger partial charge on any atom is -0.507 e. The van der Waals surface area contributed by atoms with Crippen LogP contribution in [0, 0.1) is 0 Å². The Labute approximate surface area is 143 Å². The number of benzene rings is 2. The first-order valence-electron chi connectivity index (χ1n) is 7.30. The van der Waals surface area contributed by atoms with Gasteiger partial charge in [-0.15, -0.1) is 0 Å². The quantitative estimate of drug-likeness (QED) is 0.426. The molecule has 24 heavy (non-hydrogen) atoms. The number of nitrogens with one attached hydrogen (secondary N) is 1. The maximum Gasteiger partial charge on any atom is 0.250 e. The second-order valence-corrected chi connectivity index (χ2v) is 5.96. The van der Waals surface area contributed by atoms with E-state index in [9.17, 15) is 9.90 Å². The van der Waals surface area contributed by atoms with Crippen LogP contribution in [0.3, 0.4) is 0 Å². The number of aromatic nitrogens is 1. The second kappa shape index (κ2) is 7.61. The summed E-state index contributed by atoms with van der Waals surface area (Å²) in [6, 6.07) is 16.7. The highest BCUT2D eigenvalue weighted by Crippen LogP contribution is 2.25. The molecule has 2 N–H and O–H groups in total. The number of phenolic OH excluding ortho intramolecular Hbond substituents is 1. The van der Waals surface area contributed by atoms with Crippen molar-refractivity contribution in [2.45, 2.75) is 5.03 Å². The van der Waals surface area contributed by atoms with Gasteiger partial charge in [0.15, 0.2) is 0 Å². The summed E-state index contributed by atoms with van der Waals surface area (Å²) in [7, 11) is 0. The predicted octanol–water partition coefficient (Wildman–Crippen LogP) is 3.18. The molecule has 2 aromatic carbocycles. The number of carbonyl (C=O) groups excluding carboxylic acids is 1. The van der Waals surface area contributed by atoms with Crippen LogP contribution >= 0.6 is 11.8 Å². The molecule has 1 aromatic heterocycles. The number of phenols is 1. The highest BCUT2D eigenvalue weighted by molar-refractivity contribution is 7.99. The third kappa shape index (κ3) is 3.91. The molecule has 0 aliphatic rings. The van der Waals surface area contributed by atoms with Gasteiger partial charge in [-0.05, 0) is 29.0 Å². The number of hydrogen-bond donors (Lipinski definition) is 2. The molecular weight excluding hydrogens is 322 g/mol. The minimum absolute atomic E-state index is 0.120. The van der Waals surface area contributed by atoms with E-state index in [1.165, 1.54) is 18.0 Å². The van der Waals surface area contributed by atoms with E-state index < -0.39 is 0 Å². The van der Waals surface area contributed by atoms with Crippen molar-refractivity contribution in [3.8, 4) is 5.75 Å². The summed E-state index contributed by atoms with van der Waals surface area (Å²) in [5.74, 6) is 0.103. The van der Waals surface area contributed by atoms with Gasteiger partial charge in [-0.25, -0.2) is 10.4 Å². The average Bonchev–Trinajstić information content (AvgIpc) is 2.63. The summed E-state index contributed by atoms with van der Waals surface area (Å²) >= 11 is 1.33. The van der Waals surface area contributed by atoms with E-state index in [-0.39, 0.29) is 17.4 Å². The van der Waals surface area contributed by atoms with Gasteiger partial charge < -0.3 is 5.11 Å². The third-order valence-electron chi connectivity index (χ3n) is 3.32. The smallest absolute Gasteiger partial charge is 0.250 e. The Kier molecular flexibility index (Phi) is 5.08. The average molecular weight is 337 g/mol. The van der Waals surface area contributed by atoms with E-state index in [2.05, 4.69) is 15.5 Å². The lowest BCUT2D eigenvalue weighted by Gasteiger charge is -2.04. The molecule has 0 bridgehead atoms. The van der Waals surface area contributed by atoms with Crippen LogP contribution in [0.5, 0.6) is 5.75 Å². The number of rotatable bonds is 5. The van der Waals surface area contributed by atoms with Crippen LogP contribution in [-0.4, -0.2) is 28.0 Å². The molecule has 1 heterocycles. The van der Waals surface area contributed by atoms with E-state index >= 15 is 0 Å². The number of amides is 1. The van der Waals surface area contributed by atoms with Crippen molar-refractivity contribution in [2.75, 3.05) is 5.75 Å². The molecular formula is C18H15N3O2S. The molecule has 3 aromatic rings. The zero-order chi connectivity index (χ0) is 16.8. The summed E-state index contributed by atoms with van der Waals surface area (Å²) in [5.41, 5.74) is 3.04. The summed E-state index contributed by atoms with van der Waals surface area (Å²) in [5, 5.41) is 16.6. The maximum atomic E-state index is 11.8. The fourth-order valence-corrected chi connectivity index (χ4v) is 2.85. The number of nitrogens with zero attached hydrogens (tertiary/aromatic N) is 2. The van der Waals surface area contributed by atoms with Crippen molar-refractivity contribution in [3.05, 3.63) is 66.4 Å². The lowest BCUT2D eigenvalue weighted by Crippen LogP contribution is -2.19. The molecule has 0 aliphatic heterocycles. The van der Waals surface area contributed by atoms with Gasteiger partial charge in [0.1, 0.15) is 5.75 Å². The van der Waals surface area contributed by atoms with Gasteiger partial charge in [0, 0.05) is 11.8 Å². The molecule has 1 amide bonds. The van der Waals surface area contributed by atoms with Gasteiger partial charge in [0.2, 0.25) is 5.91 Å². The molecule has 0 atom stereocenters. The Balaban J connectivity index is 1.64. The zero-order valence-corrected chi connectivity index (χ0v) is 13.5. The predicted molar refractivity (Wildman–Crippen MR) is 96.3 cm³/mol. The first-order chi connectivity index (χ1) is 11.7. The van der Waals surface area contributed by atoms with Gasteiger partial charge in [-0.1, -0.05) is 48.2 Å². The Morgan fingerprint density at radius 2 is 2.00 bits per heavy atom. The molecule has 0 spiro atoms. The fraction of sp³-hybridized carbons (Fsp3) is 0.0556. The Morgan fingerprint density at radius 1 is 1.17 bits per heavy atom. The van der Waals surface area contributed by atoms with Crippen LogP contribution < -0.4 is 5.43 Å². The van der Waals surface area contributed by atoms with Crippen molar-refractivity contribution in [2.24, 2.45) is 5.10 Å². The Hall–Kier alpha value is -2.86. The summed E-state index contributed by atoms with van der Waals surface area (Å²) in [6.45, 7) is 0. The molecule has 5 nitrogen and oxygen atoms in total. The summed E-state index contributed by atoms with van der Waals surface area (Å²) in [6.07, 6.45) is 3.14. The molecule has 0 saturated carbocycles. The lowest BCUT2D eigenvalue weighted by atomic mass is 10.0. The van der Waals surface area contributed by atoms with E-state index in [1.54, 1.807) is 12.3 Å². The molecule has 0 fully saturated rings. The van der Waals surface area contributed by atoms with Gasteiger partial charge in [0.25, 0.3) is 0 Å². The van der Waals surface area contributed by atoms with E-state index in [0.29, 0.717) is 5.56 Å². The number of aromatic hydroxyl groups is 1. The van der Waals surface area contributed by atoms with E-state index in [4.69, 9.17) is 0 Å². The van der Waals surface area contributed by atoms with Crippen molar-refractivity contribution < 1.29 is 9.90 Å². The van der Waals surface area contributed by atoms with Crippen molar-refractivity contribution in [1.29, 1.82) is 0 Å². The standard InChI is InChI=1S/C18H15N3O2S/c22-16-9-8-13-5-1-2-6-14(13)15(16)11-20-21-17(23)12-24-18-7-3-4-10-19-18/h1-11,22H,12H2,(H,21,23)/b20-11-. The number of hydrazone groups is 1. The molecule has 120 valence electrons. The SMILES string of the molecule is O=C(CSc1ccccn1)N/N=C\c1c(O)ccc2ccccc12. The van der Waals surface area contributed by atoms with Crippen LogP contribution in [0.25, 0.3) is 10.8 Å². The maximum absolute atomic E-state index is 11.8. The van der Waals surface area contributed by atoms with Crippen molar-refractivity contribution in [3.63, 3.8) is 0 Å². The van der Waals surface area contributed by atoms with Crippen LogP contribution in [-0.2, 0) is 4.79 Å². The molecule has 6 heteroatoms. The van der Waals surface area contributed by atoms with Crippen molar-refractivity contribution >= 4 is 34.7 Å². The normalized spacial score (nSPS) is 11.0. The lowest BCUT2D eigenvalue weighted by molar-refractivity contribution is -0.118. The second-order valence-electron chi connectivity index (χ2n) is 4.97. The van der Waals surface area contributed by atoms with Gasteiger partial charge in [-0.2, -0.15) is 5.10 Å².